The normalized spacial score (nSPS) is 44.7. The van der Waals surface area contributed by atoms with Crippen molar-refractivity contribution in [3.63, 3.8) is 0 Å². The summed E-state index contributed by atoms with van der Waals surface area (Å²) in [5.41, 5.74) is -1.25. The van der Waals surface area contributed by atoms with E-state index in [0.29, 0.717) is 11.3 Å². The van der Waals surface area contributed by atoms with E-state index in [-0.39, 0.29) is 23.9 Å². The van der Waals surface area contributed by atoms with Crippen LogP contribution in [0.1, 0.15) is 34.1 Å². The van der Waals surface area contributed by atoms with Crippen LogP contribution in [0.15, 0.2) is 35.6 Å². The van der Waals surface area contributed by atoms with Crippen molar-refractivity contribution in [2.75, 3.05) is 0 Å². The molecule has 2 fully saturated rings. The molecule has 0 saturated carbocycles. The third-order valence-electron chi connectivity index (χ3n) is 5.98. The van der Waals surface area contributed by atoms with Crippen molar-refractivity contribution < 1.29 is 33.3 Å². The summed E-state index contributed by atoms with van der Waals surface area (Å²) in [5, 5.41) is 0. The van der Waals surface area contributed by atoms with Crippen LogP contribution in [0.2, 0.25) is 0 Å². The fraction of sp³-hybridized carbons (Fsp3) is 0.550. The third kappa shape index (κ3) is 2.64. The summed E-state index contributed by atoms with van der Waals surface area (Å²) in [7, 11) is 0. The summed E-state index contributed by atoms with van der Waals surface area (Å²) in [6.45, 7) is 10.7. The van der Waals surface area contributed by atoms with Gasteiger partial charge in [0.05, 0.1) is 12.0 Å². The fourth-order valence-electron chi connectivity index (χ4n) is 3.87. The molecule has 0 aromatic carbocycles. The highest BCUT2D eigenvalue weighted by molar-refractivity contribution is 6.00. The van der Waals surface area contributed by atoms with Crippen LogP contribution in [0.25, 0.3) is 0 Å². The van der Waals surface area contributed by atoms with Gasteiger partial charge in [-0.1, -0.05) is 6.58 Å². The minimum absolute atomic E-state index is 0.153. The van der Waals surface area contributed by atoms with Crippen molar-refractivity contribution in [1.29, 1.82) is 0 Å². The van der Waals surface area contributed by atoms with Crippen molar-refractivity contribution in [2.24, 2.45) is 5.92 Å². The van der Waals surface area contributed by atoms with E-state index in [1.54, 1.807) is 33.8 Å². The molecule has 4 aliphatic rings. The first kappa shape index (κ1) is 18.0. The second kappa shape index (κ2) is 5.55. The van der Waals surface area contributed by atoms with Crippen LogP contribution in [0.3, 0.4) is 0 Å². The third-order valence-corrected chi connectivity index (χ3v) is 5.98. The van der Waals surface area contributed by atoms with Gasteiger partial charge in [0.1, 0.15) is 18.0 Å². The first-order chi connectivity index (χ1) is 12.5. The molecule has 2 bridgehead atoms. The minimum Gasteiger partial charge on any atom is -0.479 e. The van der Waals surface area contributed by atoms with E-state index in [9.17, 15) is 14.4 Å². The zero-order chi connectivity index (χ0) is 19.7. The van der Waals surface area contributed by atoms with Crippen LogP contribution < -0.4 is 0 Å². The number of hydrogen-bond acceptors (Lipinski definition) is 7. The van der Waals surface area contributed by atoms with Crippen LogP contribution in [0, 0.1) is 5.92 Å². The van der Waals surface area contributed by atoms with Gasteiger partial charge < -0.3 is 18.9 Å². The van der Waals surface area contributed by atoms with Crippen molar-refractivity contribution in [2.45, 2.75) is 63.6 Å². The van der Waals surface area contributed by atoms with Crippen molar-refractivity contribution in [1.82, 2.24) is 0 Å². The number of carbonyl (C=O) groups is 3. The van der Waals surface area contributed by atoms with Crippen molar-refractivity contribution >= 4 is 17.7 Å². The van der Waals surface area contributed by atoms with Crippen LogP contribution >= 0.6 is 0 Å². The van der Waals surface area contributed by atoms with E-state index in [1.807, 2.05) is 0 Å². The molecule has 4 rings (SSSR count). The zero-order valence-corrected chi connectivity index (χ0v) is 15.7. The number of carbonyl (C=O) groups excluding carboxylic acids is 3. The molecule has 7 heteroatoms. The number of fused-ring (bicyclic) bond motifs is 3. The zero-order valence-electron chi connectivity index (χ0n) is 15.7. The van der Waals surface area contributed by atoms with Gasteiger partial charge in [-0.15, -0.1) is 0 Å². The highest BCUT2D eigenvalue weighted by atomic mass is 16.7. The molecule has 0 aromatic rings. The lowest BCUT2D eigenvalue weighted by Gasteiger charge is -2.29. The van der Waals surface area contributed by atoms with Gasteiger partial charge in [0, 0.05) is 18.1 Å². The smallest absolute Gasteiger partial charge is 0.341 e. The molecule has 4 aliphatic heterocycles. The van der Waals surface area contributed by atoms with Gasteiger partial charge in [-0.3, -0.25) is 4.79 Å². The Morgan fingerprint density at radius 1 is 1.33 bits per heavy atom. The predicted molar refractivity (Wildman–Crippen MR) is 92.3 cm³/mol. The summed E-state index contributed by atoms with van der Waals surface area (Å²) >= 11 is 0. The van der Waals surface area contributed by atoms with Crippen LogP contribution in [-0.4, -0.2) is 47.2 Å². The SMILES string of the molecule is C=C1C(=O)O[C@H]2C[C@@]3(C)OC(=CC3=O)/C(C)=C\[C@H](OC(=O)[C@]3(C)O[C@@H]3C)[C@H]12. The van der Waals surface area contributed by atoms with E-state index in [1.165, 1.54) is 6.08 Å². The van der Waals surface area contributed by atoms with Crippen LogP contribution in [0.5, 0.6) is 0 Å². The van der Waals surface area contributed by atoms with E-state index >= 15 is 0 Å². The van der Waals surface area contributed by atoms with E-state index in [2.05, 4.69) is 6.58 Å². The van der Waals surface area contributed by atoms with E-state index < -0.39 is 41.3 Å². The van der Waals surface area contributed by atoms with Crippen LogP contribution in [0.4, 0.5) is 0 Å². The number of hydrogen-bond donors (Lipinski definition) is 0. The number of rotatable bonds is 2. The van der Waals surface area contributed by atoms with Gasteiger partial charge in [0.2, 0.25) is 5.78 Å². The maximum atomic E-state index is 12.6. The molecule has 27 heavy (non-hydrogen) atoms. The quantitative estimate of drug-likeness (QED) is 0.413. The number of esters is 2. The Morgan fingerprint density at radius 3 is 2.63 bits per heavy atom. The first-order valence-electron chi connectivity index (χ1n) is 8.98. The Hall–Kier alpha value is -2.41. The molecule has 2 saturated heterocycles. The maximum absolute atomic E-state index is 12.6. The molecular weight excluding hydrogens is 352 g/mol. The lowest BCUT2D eigenvalue weighted by molar-refractivity contribution is -0.156. The largest absolute Gasteiger partial charge is 0.479 e. The van der Waals surface area contributed by atoms with Crippen molar-refractivity contribution in [3.05, 3.63) is 35.6 Å². The Kier molecular flexibility index (Phi) is 3.69. The Morgan fingerprint density at radius 2 is 2.00 bits per heavy atom. The molecule has 0 amide bonds. The lowest BCUT2D eigenvalue weighted by atomic mass is 9.83. The molecule has 0 aliphatic carbocycles. The van der Waals surface area contributed by atoms with Gasteiger partial charge in [0.15, 0.2) is 11.2 Å². The molecule has 4 heterocycles. The summed E-state index contributed by atoms with van der Waals surface area (Å²) in [6.07, 6.45) is 1.58. The summed E-state index contributed by atoms with van der Waals surface area (Å²) in [4.78, 5) is 37.2. The average molecular weight is 374 g/mol. The van der Waals surface area contributed by atoms with E-state index in [4.69, 9.17) is 18.9 Å². The maximum Gasteiger partial charge on any atom is 0.341 e. The predicted octanol–water partition coefficient (Wildman–Crippen LogP) is 1.77. The van der Waals surface area contributed by atoms with Crippen molar-refractivity contribution in [3.8, 4) is 0 Å². The molecule has 6 atom stereocenters. The van der Waals surface area contributed by atoms with Gasteiger partial charge >= 0.3 is 11.9 Å². The molecule has 0 N–H and O–H groups in total. The van der Waals surface area contributed by atoms with Gasteiger partial charge in [-0.2, -0.15) is 0 Å². The van der Waals surface area contributed by atoms with Gasteiger partial charge in [0.25, 0.3) is 0 Å². The average Bonchev–Trinajstić information content (AvgIpc) is 2.94. The molecule has 0 radical (unpaired) electrons. The summed E-state index contributed by atoms with van der Waals surface area (Å²) < 4.78 is 22.4. The highest BCUT2D eigenvalue weighted by Crippen LogP contribution is 2.44. The lowest BCUT2D eigenvalue weighted by Crippen LogP contribution is -2.42. The minimum atomic E-state index is -1.13. The molecule has 0 unspecified atom stereocenters. The second-order valence-electron chi connectivity index (χ2n) is 7.99. The standard InChI is InChI=1S/C20H22O7/c1-9-6-13(25-18(23)20(5)11(3)26-20)16-10(2)17(22)24-14(16)8-19(4)15(21)7-12(9)27-19/h6-7,11,13-14,16H,2,8H2,1,3-5H3/b9-6-/t11-,13+,14+,16+,19-,20-/m1/s1. The summed E-state index contributed by atoms with van der Waals surface area (Å²) in [5.74, 6) is -1.40. The number of ether oxygens (including phenoxy) is 4. The van der Waals surface area contributed by atoms with Gasteiger partial charge in [-0.25, -0.2) is 9.59 Å². The monoisotopic (exact) mass is 374 g/mol. The first-order valence-corrected chi connectivity index (χ1v) is 8.98. The number of epoxide rings is 1. The Bertz CT molecular complexity index is 837. The topological polar surface area (TPSA) is 91.4 Å². The Balaban J connectivity index is 1.73. The highest BCUT2D eigenvalue weighted by Gasteiger charge is 2.59. The second-order valence-corrected chi connectivity index (χ2v) is 7.99. The molecule has 144 valence electrons. The molecule has 0 aromatic heterocycles. The molecule has 7 nitrogen and oxygen atoms in total. The summed E-state index contributed by atoms with van der Waals surface area (Å²) in [6, 6.07) is 0. The fourth-order valence-corrected chi connectivity index (χ4v) is 3.87. The van der Waals surface area contributed by atoms with Gasteiger partial charge in [-0.05, 0) is 39.3 Å². The molecule has 0 spiro atoms. The number of allylic oxidation sites excluding steroid dienone is 1. The van der Waals surface area contributed by atoms with E-state index in [0.717, 1.165) is 0 Å². The molecular formula is C20H22O7. The Labute approximate surface area is 157 Å². The number of ketones is 1. The van der Waals surface area contributed by atoms with Crippen LogP contribution in [-0.2, 0) is 33.3 Å².